The minimum absolute atomic E-state index is 0.140. The first kappa shape index (κ1) is 19.6. The van der Waals surface area contributed by atoms with Gasteiger partial charge in [0.2, 0.25) is 0 Å². The first-order valence-corrected chi connectivity index (χ1v) is 8.31. The minimum Gasteiger partial charge on any atom is -0.497 e. The SMILES string of the molecule is COc1cc(CCC(=O)OCC(=O)Nc2cccc(Cl)c2)cc(OC)c1. The molecule has 2 rings (SSSR count). The van der Waals surface area contributed by atoms with Crippen molar-refractivity contribution < 1.29 is 23.8 Å². The Bertz CT molecular complexity index is 756. The number of esters is 1. The van der Waals surface area contributed by atoms with Crippen molar-refractivity contribution in [1.29, 1.82) is 0 Å². The Hall–Kier alpha value is -2.73. The summed E-state index contributed by atoms with van der Waals surface area (Å²) in [6, 6.07) is 12.1. The van der Waals surface area contributed by atoms with Crippen LogP contribution in [0.3, 0.4) is 0 Å². The predicted octanol–water partition coefficient (Wildman–Crippen LogP) is 3.47. The number of halogens is 1. The van der Waals surface area contributed by atoms with Gasteiger partial charge in [-0.3, -0.25) is 9.59 Å². The Morgan fingerprint density at radius 3 is 2.35 bits per heavy atom. The molecule has 0 atom stereocenters. The molecular weight excluding hydrogens is 358 g/mol. The van der Waals surface area contributed by atoms with Gasteiger partial charge in [-0.2, -0.15) is 0 Å². The Balaban J connectivity index is 1.79. The number of nitrogens with one attached hydrogen (secondary N) is 1. The van der Waals surface area contributed by atoms with E-state index in [0.29, 0.717) is 28.6 Å². The summed E-state index contributed by atoms with van der Waals surface area (Å²) in [6.45, 7) is -0.354. The summed E-state index contributed by atoms with van der Waals surface area (Å²) in [5.74, 6) is 0.402. The van der Waals surface area contributed by atoms with E-state index in [1.54, 1.807) is 44.6 Å². The molecule has 0 radical (unpaired) electrons. The van der Waals surface area contributed by atoms with E-state index in [1.807, 2.05) is 12.1 Å². The molecule has 0 fully saturated rings. The second kappa shape index (κ2) is 9.68. The molecule has 0 bridgehead atoms. The van der Waals surface area contributed by atoms with Crippen molar-refractivity contribution in [2.45, 2.75) is 12.8 Å². The average Bonchev–Trinajstić information content (AvgIpc) is 2.64. The van der Waals surface area contributed by atoms with Crippen LogP contribution in [-0.4, -0.2) is 32.7 Å². The molecule has 0 aliphatic carbocycles. The molecular formula is C19H20ClNO5. The maximum Gasteiger partial charge on any atom is 0.306 e. The smallest absolute Gasteiger partial charge is 0.306 e. The molecule has 0 heterocycles. The number of anilines is 1. The van der Waals surface area contributed by atoms with Crippen LogP contribution in [-0.2, 0) is 20.7 Å². The minimum atomic E-state index is -0.465. The average molecular weight is 378 g/mol. The quantitative estimate of drug-likeness (QED) is 0.713. The van der Waals surface area contributed by atoms with Gasteiger partial charge in [-0.1, -0.05) is 17.7 Å². The van der Waals surface area contributed by atoms with Crippen LogP contribution in [0, 0.1) is 0 Å². The molecule has 0 aromatic heterocycles. The van der Waals surface area contributed by atoms with Gasteiger partial charge in [-0.25, -0.2) is 0 Å². The highest BCUT2D eigenvalue weighted by Crippen LogP contribution is 2.23. The molecule has 138 valence electrons. The number of carbonyl (C=O) groups excluding carboxylic acids is 2. The fourth-order valence-electron chi connectivity index (χ4n) is 2.24. The van der Waals surface area contributed by atoms with Gasteiger partial charge in [-0.15, -0.1) is 0 Å². The molecule has 0 saturated carbocycles. The first-order valence-electron chi connectivity index (χ1n) is 7.93. The van der Waals surface area contributed by atoms with Crippen LogP contribution in [0.1, 0.15) is 12.0 Å². The van der Waals surface area contributed by atoms with E-state index in [0.717, 1.165) is 5.56 Å². The lowest BCUT2D eigenvalue weighted by Crippen LogP contribution is -2.21. The zero-order chi connectivity index (χ0) is 18.9. The lowest BCUT2D eigenvalue weighted by Gasteiger charge is -2.09. The second-order valence-corrected chi connectivity index (χ2v) is 5.88. The van der Waals surface area contributed by atoms with Crippen LogP contribution in [0.25, 0.3) is 0 Å². The number of rotatable bonds is 8. The lowest BCUT2D eigenvalue weighted by molar-refractivity contribution is -0.147. The Morgan fingerprint density at radius 2 is 1.73 bits per heavy atom. The molecule has 26 heavy (non-hydrogen) atoms. The van der Waals surface area contributed by atoms with Crippen molar-refractivity contribution in [3.63, 3.8) is 0 Å². The fourth-order valence-corrected chi connectivity index (χ4v) is 2.43. The summed E-state index contributed by atoms with van der Waals surface area (Å²) in [5.41, 5.74) is 1.42. The topological polar surface area (TPSA) is 73.9 Å². The van der Waals surface area contributed by atoms with E-state index in [-0.39, 0.29) is 13.0 Å². The molecule has 2 aromatic rings. The first-order chi connectivity index (χ1) is 12.5. The van der Waals surface area contributed by atoms with Crippen LogP contribution >= 0.6 is 11.6 Å². The number of aryl methyl sites for hydroxylation is 1. The third-order valence-electron chi connectivity index (χ3n) is 3.50. The molecule has 0 saturated heterocycles. The number of hydrogen-bond donors (Lipinski definition) is 1. The molecule has 1 amide bonds. The van der Waals surface area contributed by atoms with Gasteiger partial charge in [0, 0.05) is 23.2 Å². The molecule has 1 N–H and O–H groups in total. The monoisotopic (exact) mass is 377 g/mol. The van der Waals surface area contributed by atoms with Gasteiger partial charge < -0.3 is 19.5 Å². The van der Waals surface area contributed by atoms with Crippen LogP contribution in [0.2, 0.25) is 5.02 Å². The second-order valence-electron chi connectivity index (χ2n) is 5.44. The Kier molecular flexibility index (Phi) is 7.29. The number of carbonyl (C=O) groups is 2. The Labute approximate surface area is 157 Å². The van der Waals surface area contributed by atoms with Crippen LogP contribution in [0.4, 0.5) is 5.69 Å². The number of methoxy groups -OCH3 is 2. The summed E-state index contributed by atoms with van der Waals surface area (Å²) in [6.07, 6.45) is 0.586. The molecule has 7 heteroatoms. The van der Waals surface area contributed by atoms with Crippen LogP contribution in [0.5, 0.6) is 11.5 Å². The highest BCUT2D eigenvalue weighted by Gasteiger charge is 2.10. The normalized spacial score (nSPS) is 10.1. The van der Waals surface area contributed by atoms with Gasteiger partial charge in [0.15, 0.2) is 6.61 Å². The Morgan fingerprint density at radius 1 is 1.04 bits per heavy atom. The largest absolute Gasteiger partial charge is 0.497 e. The molecule has 0 aliphatic rings. The zero-order valence-corrected chi connectivity index (χ0v) is 15.3. The van der Waals surface area contributed by atoms with Gasteiger partial charge >= 0.3 is 5.97 Å². The summed E-state index contributed by atoms with van der Waals surface area (Å²) < 4.78 is 15.4. The number of amides is 1. The highest BCUT2D eigenvalue weighted by atomic mass is 35.5. The van der Waals surface area contributed by atoms with Crippen molar-refractivity contribution in [2.24, 2.45) is 0 Å². The molecule has 0 spiro atoms. The lowest BCUT2D eigenvalue weighted by atomic mass is 10.1. The molecule has 0 unspecified atom stereocenters. The van der Waals surface area contributed by atoms with Crippen molar-refractivity contribution in [2.75, 3.05) is 26.1 Å². The predicted molar refractivity (Wildman–Crippen MR) is 98.9 cm³/mol. The van der Waals surface area contributed by atoms with Crippen LogP contribution < -0.4 is 14.8 Å². The van der Waals surface area contributed by atoms with Crippen LogP contribution in [0.15, 0.2) is 42.5 Å². The summed E-state index contributed by atoms with van der Waals surface area (Å²) in [7, 11) is 3.12. The maximum absolute atomic E-state index is 11.9. The summed E-state index contributed by atoms with van der Waals surface area (Å²) in [5, 5.41) is 3.12. The van der Waals surface area contributed by atoms with E-state index in [1.165, 1.54) is 0 Å². The summed E-state index contributed by atoms with van der Waals surface area (Å²) in [4.78, 5) is 23.7. The van der Waals surface area contributed by atoms with E-state index < -0.39 is 11.9 Å². The number of ether oxygens (including phenoxy) is 3. The van der Waals surface area contributed by atoms with Crippen molar-refractivity contribution in [3.8, 4) is 11.5 Å². The number of hydrogen-bond acceptors (Lipinski definition) is 5. The van der Waals surface area contributed by atoms with E-state index in [4.69, 9.17) is 25.8 Å². The standard InChI is InChI=1S/C19H20ClNO5/c1-24-16-8-13(9-17(11-16)25-2)6-7-19(23)26-12-18(22)21-15-5-3-4-14(20)10-15/h3-5,8-11H,6-7,12H2,1-2H3,(H,21,22). The third-order valence-corrected chi connectivity index (χ3v) is 3.74. The van der Waals surface area contributed by atoms with Gasteiger partial charge in [0.1, 0.15) is 11.5 Å². The van der Waals surface area contributed by atoms with E-state index in [2.05, 4.69) is 5.32 Å². The van der Waals surface area contributed by atoms with E-state index >= 15 is 0 Å². The van der Waals surface area contributed by atoms with Crippen molar-refractivity contribution in [3.05, 3.63) is 53.1 Å². The highest BCUT2D eigenvalue weighted by molar-refractivity contribution is 6.30. The molecule has 0 aliphatic heterocycles. The van der Waals surface area contributed by atoms with E-state index in [9.17, 15) is 9.59 Å². The number of benzene rings is 2. The summed E-state index contributed by atoms with van der Waals surface area (Å²) >= 11 is 5.84. The fraction of sp³-hybridized carbons (Fsp3) is 0.263. The van der Waals surface area contributed by atoms with Gasteiger partial charge in [0.05, 0.1) is 14.2 Å². The maximum atomic E-state index is 11.9. The molecule has 6 nitrogen and oxygen atoms in total. The van der Waals surface area contributed by atoms with Gasteiger partial charge in [0.25, 0.3) is 5.91 Å². The zero-order valence-electron chi connectivity index (χ0n) is 14.6. The third kappa shape index (κ3) is 6.29. The van der Waals surface area contributed by atoms with Gasteiger partial charge in [-0.05, 0) is 42.3 Å². The van der Waals surface area contributed by atoms with Crippen molar-refractivity contribution in [1.82, 2.24) is 0 Å². The van der Waals surface area contributed by atoms with Crippen molar-refractivity contribution >= 4 is 29.2 Å². The molecule has 2 aromatic carbocycles.